The Morgan fingerprint density at radius 2 is 2.04 bits per heavy atom. The molecule has 0 unspecified atom stereocenters. The van der Waals surface area contributed by atoms with Gasteiger partial charge in [0.25, 0.3) is 5.91 Å². The van der Waals surface area contributed by atoms with Crippen molar-refractivity contribution >= 4 is 27.5 Å². The minimum atomic E-state index is -0.313. The summed E-state index contributed by atoms with van der Waals surface area (Å²) in [6.07, 6.45) is 0. The zero-order chi connectivity index (χ0) is 18.8. The van der Waals surface area contributed by atoms with Crippen LogP contribution in [0.3, 0.4) is 0 Å². The minimum Gasteiger partial charge on any atom is -0.383 e. The standard InChI is InChI=1S/C19H24N4O2S/c1-6-23-14(4)11-15(21-23)18(24)20-19-22(7-8-25-5)16-10-12(2)9-13(3)17(16)26-19/h9-11H,6-8H2,1-5H3. The molecule has 0 atom stereocenters. The molecule has 0 bridgehead atoms. The molecule has 3 aromatic rings. The van der Waals surface area contributed by atoms with Crippen LogP contribution in [0.25, 0.3) is 10.2 Å². The summed E-state index contributed by atoms with van der Waals surface area (Å²) in [6, 6.07) is 6.07. The summed E-state index contributed by atoms with van der Waals surface area (Å²) in [5.41, 5.74) is 4.81. The van der Waals surface area contributed by atoms with Crippen LogP contribution in [-0.2, 0) is 17.8 Å². The molecule has 6 nitrogen and oxygen atoms in total. The van der Waals surface area contributed by atoms with Gasteiger partial charge >= 0.3 is 0 Å². The number of carbonyl (C=O) groups is 1. The molecule has 1 amide bonds. The second-order valence-corrected chi connectivity index (χ2v) is 7.34. The van der Waals surface area contributed by atoms with Gasteiger partial charge in [0.05, 0.1) is 16.8 Å². The molecule has 0 spiro atoms. The number of methoxy groups -OCH3 is 1. The van der Waals surface area contributed by atoms with Gasteiger partial charge in [-0.05, 0) is 51.0 Å². The summed E-state index contributed by atoms with van der Waals surface area (Å²) in [5.74, 6) is -0.313. The SMILES string of the molecule is CCn1nc(C(=O)N=c2sc3c(C)cc(C)cc3n2CCOC)cc1C. The molecule has 0 N–H and O–H groups in total. The van der Waals surface area contributed by atoms with Gasteiger partial charge in [0.1, 0.15) is 0 Å². The Kier molecular flexibility index (Phi) is 5.38. The lowest BCUT2D eigenvalue weighted by Gasteiger charge is -2.05. The van der Waals surface area contributed by atoms with Crippen LogP contribution in [0.2, 0.25) is 0 Å². The van der Waals surface area contributed by atoms with E-state index in [1.165, 1.54) is 22.5 Å². The lowest BCUT2D eigenvalue weighted by molar-refractivity contribution is 0.0992. The van der Waals surface area contributed by atoms with E-state index in [0.717, 1.165) is 22.5 Å². The maximum absolute atomic E-state index is 12.7. The van der Waals surface area contributed by atoms with E-state index in [2.05, 4.69) is 40.6 Å². The maximum Gasteiger partial charge on any atom is 0.300 e. The summed E-state index contributed by atoms with van der Waals surface area (Å²) in [4.78, 5) is 17.7. The molecule has 3 rings (SSSR count). The van der Waals surface area contributed by atoms with Crippen LogP contribution in [0, 0.1) is 20.8 Å². The van der Waals surface area contributed by atoms with E-state index in [9.17, 15) is 4.79 Å². The molecule has 0 aliphatic carbocycles. The quantitative estimate of drug-likeness (QED) is 0.691. The molecular formula is C19H24N4O2S. The molecule has 2 aromatic heterocycles. The molecule has 0 aliphatic rings. The number of rotatable bonds is 5. The number of fused-ring (bicyclic) bond motifs is 1. The first kappa shape index (κ1) is 18.5. The minimum absolute atomic E-state index is 0.313. The van der Waals surface area contributed by atoms with Crippen molar-refractivity contribution in [2.24, 2.45) is 4.99 Å². The fourth-order valence-electron chi connectivity index (χ4n) is 3.08. The Balaban J connectivity index is 2.14. The van der Waals surface area contributed by atoms with E-state index in [4.69, 9.17) is 4.74 Å². The Bertz CT molecular complexity index is 1030. The third-order valence-corrected chi connectivity index (χ3v) is 5.56. The average molecular weight is 372 g/mol. The first-order valence-electron chi connectivity index (χ1n) is 8.67. The molecule has 1 aromatic carbocycles. The van der Waals surface area contributed by atoms with Crippen LogP contribution in [-0.4, -0.2) is 34.0 Å². The van der Waals surface area contributed by atoms with Gasteiger partial charge in [-0.3, -0.25) is 9.48 Å². The number of aryl methyl sites for hydroxylation is 4. The third-order valence-electron chi connectivity index (χ3n) is 4.33. The van der Waals surface area contributed by atoms with Gasteiger partial charge in [0.2, 0.25) is 0 Å². The molecule has 26 heavy (non-hydrogen) atoms. The largest absolute Gasteiger partial charge is 0.383 e. The topological polar surface area (TPSA) is 61.4 Å². The third kappa shape index (κ3) is 3.50. The van der Waals surface area contributed by atoms with Crippen molar-refractivity contribution in [1.82, 2.24) is 14.3 Å². The molecule has 0 saturated carbocycles. The summed E-state index contributed by atoms with van der Waals surface area (Å²) in [7, 11) is 1.67. The Morgan fingerprint density at radius 3 is 2.69 bits per heavy atom. The highest BCUT2D eigenvalue weighted by Gasteiger charge is 2.14. The second kappa shape index (κ2) is 7.55. The first-order valence-corrected chi connectivity index (χ1v) is 9.49. The van der Waals surface area contributed by atoms with Gasteiger partial charge in [-0.15, -0.1) is 0 Å². The maximum atomic E-state index is 12.7. The number of carbonyl (C=O) groups excluding carboxylic acids is 1. The summed E-state index contributed by atoms with van der Waals surface area (Å²) in [6.45, 7) is 10.0. The Morgan fingerprint density at radius 1 is 1.27 bits per heavy atom. The van der Waals surface area contributed by atoms with Crippen molar-refractivity contribution in [2.75, 3.05) is 13.7 Å². The first-order chi connectivity index (χ1) is 12.4. The monoisotopic (exact) mass is 372 g/mol. The molecule has 0 fully saturated rings. The molecular weight excluding hydrogens is 348 g/mol. The number of nitrogens with zero attached hydrogens (tertiary/aromatic N) is 4. The summed E-state index contributed by atoms with van der Waals surface area (Å²) < 4.78 is 10.3. The van der Waals surface area contributed by atoms with Gasteiger partial charge in [0.15, 0.2) is 10.5 Å². The van der Waals surface area contributed by atoms with Gasteiger partial charge in [-0.2, -0.15) is 10.1 Å². The molecule has 2 heterocycles. The van der Waals surface area contributed by atoms with E-state index in [1.807, 2.05) is 13.8 Å². The number of aromatic nitrogens is 3. The number of ether oxygens (including phenoxy) is 1. The van der Waals surface area contributed by atoms with Gasteiger partial charge in [-0.1, -0.05) is 17.4 Å². The fourth-order valence-corrected chi connectivity index (χ4v) is 4.18. The van der Waals surface area contributed by atoms with E-state index < -0.39 is 0 Å². The second-order valence-electron chi connectivity index (χ2n) is 6.36. The lowest BCUT2D eigenvalue weighted by atomic mass is 10.1. The number of amides is 1. The van der Waals surface area contributed by atoms with Crippen molar-refractivity contribution in [3.05, 3.63) is 45.5 Å². The van der Waals surface area contributed by atoms with E-state index in [-0.39, 0.29) is 5.91 Å². The summed E-state index contributed by atoms with van der Waals surface area (Å²) in [5, 5.41) is 4.35. The predicted molar refractivity (Wildman–Crippen MR) is 104 cm³/mol. The Labute approximate surface area is 156 Å². The van der Waals surface area contributed by atoms with Crippen molar-refractivity contribution in [1.29, 1.82) is 0 Å². The van der Waals surface area contributed by atoms with Crippen molar-refractivity contribution < 1.29 is 9.53 Å². The number of hydrogen-bond acceptors (Lipinski definition) is 4. The van der Waals surface area contributed by atoms with E-state index in [1.54, 1.807) is 17.9 Å². The van der Waals surface area contributed by atoms with Gasteiger partial charge in [0, 0.05) is 25.9 Å². The Hall–Kier alpha value is -2.25. The van der Waals surface area contributed by atoms with E-state index >= 15 is 0 Å². The molecule has 0 saturated heterocycles. The highest BCUT2D eigenvalue weighted by Crippen LogP contribution is 2.23. The highest BCUT2D eigenvalue weighted by atomic mass is 32.1. The van der Waals surface area contributed by atoms with Gasteiger partial charge in [-0.25, -0.2) is 0 Å². The average Bonchev–Trinajstić information content (AvgIpc) is 3.13. The summed E-state index contributed by atoms with van der Waals surface area (Å²) >= 11 is 1.53. The van der Waals surface area contributed by atoms with Crippen molar-refractivity contribution in [2.45, 2.75) is 40.8 Å². The van der Waals surface area contributed by atoms with Crippen LogP contribution >= 0.6 is 11.3 Å². The molecule has 0 radical (unpaired) electrons. The van der Waals surface area contributed by atoms with Crippen LogP contribution in [0.15, 0.2) is 23.2 Å². The van der Waals surface area contributed by atoms with Crippen LogP contribution in [0.5, 0.6) is 0 Å². The zero-order valence-corrected chi connectivity index (χ0v) is 16.7. The lowest BCUT2D eigenvalue weighted by Crippen LogP contribution is -2.19. The molecule has 7 heteroatoms. The number of thiazole rings is 1. The highest BCUT2D eigenvalue weighted by molar-refractivity contribution is 7.16. The smallest absolute Gasteiger partial charge is 0.300 e. The van der Waals surface area contributed by atoms with Crippen molar-refractivity contribution in [3.8, 4) is 0 Å². The van der Waals surface area contributed by atoms with Gasteiger partial charge < -0.3 is 9.30 Å². The van der Waals surface area contributed by atoms with E-state index in [0.29, 0.717) is 23.6 Å². The molecule has 0 aliphatic heterocycles. The van der Waals surface area contributed by atoms with Crippen molar-refractivity contribution in [3.63, 3.8) is 0 Å². The number of hydrogen-bond donors (Lipinski definition) is 0. The fraction of sp³-hybridized carbons (Fsp3) is 0.421. The molecule has 138 valence electrons. The predicted octanol–water partition coefficient (Wildman–Crippen LogP) is 3.23. The zero-order valence-electron chi connectivity index (χ0n) is 15.9. The normalized spacial score (nSPS) is 12.3. The van der Waals surface area contributed by atoms with Crippen LogP contribution < -0.4 is 4.80 Å². The number of benzene rings is 1. The van der Waals surface area contributed by atoms with Crippen LogP contribution in [0.1, 0.15) is 34.2 Å². The van der Waals surface area contributed by atoms with Crippen LogP contribution in [0.4, 0.5) is 0 Å².